The Balaban J connectivity index is 2.00. The van der Waals surface area contributed by atoms with Gasteiger partial charge in [-0.25, -0.2) is 0 Å². The minimum Gasteiger partial charge on any atom is -0.496 e. The highest BCUT2D eigenvalue weighted by Gasteiger charge is 2.27. The zero-order valence-corrected chi connectivity index (χ0v) is 17.8. The van der Waals surface area contributed by atoms with Crippen LogP contribution in [0, 0.1) is 5.92 Å². The van der Waals surface area contributed by atoms with E-state index in [1.165, 1.54) is 14.2 Å². The van der Waals surface area contributed by atoms with Crippen molar-refractivity contribution >= 4 is 34.4 Å². The van der Waals surface area contributed by atoms with Gasteiger partial charge in [-0.1, -0.05) is 13.0 Å². The summed E-state index contributed by atoms with van der Waals surface area (Å²) in [6.45, 7) is 0.646. The monoisotopic (exact) mass is 432 g/mol. The van der Waals surface area contributed by atoms with Crippen molar-refractivity contribution in [1.29, 1.82) is 0 Å². The SMILES string of the molecule is CCC(CC(NC(=O)CNC(=O)c1cc2c(OC)cccc2[nH]1)C(=O)CO)C(=O)NC. The fourth-order valence-electron chi connectivity index (χ4n) is 3.26. The number of hydrogen-bond acceptors (Lipinski definition) is 6. The lowest BCUT2D eigenvalue weighted by Crippen LogP contribution is -2.48. The van der Waals surface area contributed by atoms with E-state index in [2.05, 4.69) is 20.9 Å². The summed E-state index contributed by atoms with van der Waals surface area (Å²) in [5, 5.41) is 17.4. The molecule has 2 aromatic rings. The van der Waals surface area contributed by atoms with Gasteiger partial charge in [0.15, 0.2) is 5.78 Å². The highest BCUT2D eigenvalue weighted by molar-refractivity contribution is 6.01. The van der Waals surface area contributed by atoms with Crippen molar-refractivity contribution in [3.63, 3.8) is 0 Å². The van der Waals surface area contributed by atoms with E-state index in [0.29, 0.717) is 17.7 Å². The number of benzene rings is 1. The van der Waals surface area contributed by atoms with E-state index in [1.807, 2.05) is 0 Å². The first-order valence-corrected chi connectivity index (χ1v) is 9.93. The molecule has 0 aliphatic rings. The number of methoxy groups -OCH3 is 1. The van der Waals surface area contributed by atoms with Gasteiger partial charge in [0, 0.05) is 23.9 Å². The van der Waals surface area contributed by atoms with E-state index in [-0.39, 0.29) is 24.6 Å². The minimum atomic E-state index is -1.03. The highest BCUT2D eigenvalue weighted by Crippen LogP contribution is 2.25. The molecule has 0 saturated heterocycles. The first kappa shape index (κ1) is 23.9. The number of nitrogens with one attached hydrogen (secondary N) is 4. The molecular formula is C21H28N4O6. The van der Waals surface area contributed by atoms with E-state index in [9.17, 15) is 24.3 Å². The second-order valence-electron chi connectivity index (χ2n) is 6.99. The maximum absolute atomic E-state index is 12.4. The number of carbonyl (C=O) groups excluding carboxylic acids is 4. The number of carbonyl (C=O) groups is 4. The van der Waals surface area contributed by atoms with Gasteiger partial charge in [-0.2, -0.15) is 0 Å². The summed E-state index contributed by atoms with van der Waals surface area (Å²) in [4.78, 5) is 51.6. The van der Waals surface area contributed by atoms with Crippen molar-refractivity contribution in [3.05, 3.63) is 30.0 Å². The van der Waals surface area contributed by atoms with Crippen LogP contribution in [0.2, 0.25) is 0 Å². The molecule has 0 spiro atoms. The van der Waals surface area contributed by atoms with Crippen LogP contribution in [0.15, 0.2) is 24.3 Å². The van der Waals surface area contributed by atoms with Gasteiger partial charge in [-0.15, -0.1) is 0 Å². The van der Waals surface area contributed by atoms with E-state index in [1.54, 1.807) is 31.2 Å². The van der Waals surface area contributed by atoms with Crippen LogP contribution in [-0.2, 0) is 14.4 Å². The number of Topliss-reactive ketones (excluding diaryl/α,β-unsaturated/α-hetero) is 1. The number of aliphatic hydroxyl groups is 1. The third-order valence-corrected chi connectivity index (χ3v) is 5.01. The molecule has 2 unspecified atom stereocenters. The van der Waals surface area contributed by atoms with Gasteiger partial charge in [0.2, 0.25) is 11.8 Å². The number of aliphatic hydroxyl groups excluding tert-OH is 1. The quantitative estimate of drug-likeness (QED) is 0.340. The Labute approximate surface area is 179 Å². The molecule has 1 aromatic heterocycles. The van der Waals surface area contributed by atoms with Gasteiger partial charge < -0.3 is 30.8 Å². The second kappa shape index (κ2) is 11.1. The third-order valence-electron chi connectivity index (χ3n) is 5.01. The average molecular weight is 432 g/mol. The maximum Gasteiger partial charge on any atom is 0.268 e. The number of H-pyrrole nitrogens is 1. The van der Waals surface area contributed by atoms with Gasteiger partial charge in [0.05, 0.1) is 19.7 Å². The van der Waals surface area contributed by atoms with Crippen LogP contribution in [0.3, 0.4) is 0 Å². The zero-order chi connectivity index (χ0) is 23.0. The summed E-state index contributed by atoms with van der Waals surface area (Å²) >= 11 is 0. The molecule has 2 atom stereocenters. The predicted octanol–water partition coefficient (Wildman–Crippen LogP) is 0.115. The van der Waals surface area contributed by atoms with Crippen molar-refractivity contribution in [3.8, 4) is 5.75 Å². The predicted molar refractivity (Wildman–Crippen MR) is 114 cm³/mol. The molecule has 168 valence electrons. The van der Waals surface area contributed by atoms with Crippen molar-refractivity contribution in [2.75, 3.05) is 27.3 Å². The average Bonchev–Trinajstić information content (AvgIpc) is 3.23. The lowest BCUT2D eigenvalue weighted by atomic mass is 9.94. The third kappa shape index (κ3) is 6.05. The molecule has 10 heteroatoms. The molecule has 0 radical (unpaired) electrons. The van der Waals surface area contributed by atoms with E-state index >= 15 is 0 Å². The molecule has 3 amide bonds. The molecule has 5 N–H and O–H groups in total. The second-order valence-corrected chi connectivity index (χ2v) is 6.99. The first-order chi connectivity index (χ1) is 14.8. The van der Waals surface area contributed by atoms with Crippen LogP contribution < -0.4 is 20.7 Å². The fraction of sp³-hybridized carbons (Fsp3) is 0.429. The van der Waals surface area contributed by atoms with Crippen molar-refractivity contribution in [1.82, 2.24) is 20.9 Å². The summed E-state index contributed by atoms with van der Waals surface area (Å²) in [5.41, 5.74) is 0.961. The molecule has 10 nitrogen and oxygen atoms in total. The summed E-state index contributed by atoms with van der Waals surface area (Å²) in [5.74, 6) is -1.87. The number of hydrogen-bond donors (Lipinski definition) is 5. The number of ether oxygens (including phenoxy) is 1. The summed E-state index contributed by atoms with van der Waals surface area (Å²) in [6.07, 6.45) is 0.516. The minimum absolute atomic E-state index is 0.0526. The smallest absolute Gasteiger partial charge is 0.268 e. The van der Waals surface area contributed by atoms with Gasteiger partial charge in [0.1, 0.15) is 18.1 Å². The largest absolute Gasteiger partial charge is 0.496 e. The number of fused-ring (bicyclic) bond motifs is 1. The van der Waals surface area contributed by atoms with E-state index in [4.69, 9.17) is 4.74 Å². The van der Waals surface area contributed by atoms with Gasteiger partial charge in [0.25, 0.3) is 5.91 Å². The molecule has 0 fully saturated rings. The highest BCUT2D eigenvalue weighted by atomic mass is 16.5. The fourth-order valence-corrected chi connectivity index (χ4v) is 3.26. The van der Waals surface area contributed by atoms with Gasteiger partial charge in [-0.05, 0) is 31.0 Å². The Morgan fingerprint density at radius 1 is 1.23 bits per heavy atom. The summed E-state index contributed by atoms with van der Waals surface area (Å²) < 4.78 is 5.26. The summed E-state index contributed by atoms with van der Waals surface area (Å²) in [7, 11) is 3.02. The molecule has 1 aromatic carbocycles. The van der Waals surface area contributed by atoms with Crippen molar-refractivity contribution in [2.45, 2.75) is 25.8 Å². The molecule has 0 bridgehead atoms. The van der Waals surface area contributed by atoms with E-state index < -0.39 is 36.2 Å². The number of ketones is 1. The Morgan fingerprint density at radius 2 is 1.97 bits per heavy atom. The number of aromatic amines is 1. The number of amides is 3. The van der Waals surface area contributed by atoms with Crippen LogP contribution >= 0.6 is 0 Å². The van der Waals surface area contributed by atoms with Crippen molar-refractivity contribution < 1.29 is 29.0 Å². The lowest BCUT2D eigenvalue weighted by molar-refractivity contribution is -0.131. The molecule has 1 heterocycles. The van der Waals surface area contributed by atoms with Gasteiger partial charge in [-0.3, -0.25) is 19.2 Å². The number of rotatable bonds is 11. The Kier molecular flexibility index (Phi) is 8.56. The normalized spacial score (nSPS) is 12.6. The van der Waals surface area contributed by atoms with Crippen LogP contribution in [-0.4, -0.2) is 66.9 Å². The molecule has 31 heavy (non-hydrogen) atoms. The van der Waals surface area contributed by atoms with Crippen LogP contribution in [0.5, 0.6) is 5.75 Å². The Hall–Kier alpha value is -3.40. The van der Waals surface area contributed by atoms with Crippen LogP contribution in [0.4, 0.5) is 0 Å². The summed E-state index contributed by atoms with van der Waals surface area (Å²) in [6, 6.07) is 5.94. The van der Waals surface area contributed by atoms with Crippen LogP contribution in [0.1, 0.15) is 30.3 Å². The topological polar surface area (TPSA) is 150 Å². The standard InChI is InChI=1S/C21H28N4O6/c1-4-12(20(29)22-2)8-15(17(27)11-26)25-19(28)10-23-21(30)16-9-13-14(24-16)6-5-7-18(13)31-3/h5-7,9,12,15,24,26H,4,8,10-11H2,1-3H3,(H,22,29)(H,23,30)(H,25,28). The molecule has 0 aliphatic heterocycles. The molecular weight excluding hydrogens is 404 g/mol. The number of aromatic nitrogens is 1. The molecule has 0 aliphatic carbocycles. The lowest BCUT2D eigenvalue weighted by Gasteiger charge is -2.21. The van der Waals surface area contributed by atoms with Crippen molar-refractivity contribution in [2.24, 2.45) is 5.92 Å². The van der Waals surface area contributed by atoms with Gasteiger partial charge >= 0.3 is 0 Å². The molecule has 0 saturated carbocycles. The molecule has 2 rings (SSSR count). The maximum atomic E-state index is 12.4. The Bertz CT molecular complexity index is 954. The Morgan fingerprint density at radius 3 is 2.58 bits per heavy atom. The zero-order valence-electron chi connectivity index (χ0n) is 17.8. The van der Waals surface area contributed by atoms with E-state index in [0.717, 1.165) is 5.39 Å². The first-order valence-electron chi connectivity index (χ1n) is 9.93. The van der Waals surface area contributed by atoms with Crippen LogP contribution in [0.25, 0.3) is 10.9 Å².